The molecule has 3 heterocycles. The predicted octanol–water partition coefficient (Wildman–Crippen LogP) is 2.33. The molecule has 0 N–H and O–H groups in total. The number of hydrogen-bond acceptors (Lipinski definition) is 6. The topological polar surface area (TPSA) is 62.7 Å². The molecule has 2 atom stereocenters. The molecule has 2 aromatic carbocycles. The lowest BCUT2D eigenvalue weighted by Crippen LogP contribution is -2.65. The molecule has 2 saturated heterocycles. The molecule has 178 valence electrons. The van der Waals surface area contributed by atoms with Crippen LogP contribution in [0.25, 0.3) is 0 Å². The van der Waals surface area contributed by atoms with Gasteiger partial charge in [0, 0.05) is 52.5 Å². The van der Waals surface area contributed by atoms with E-state index in [0.29, 0.717) is 0 Å². The molecule has 3 aliphatic heterocycles. The highest BCUT2D eigenvalue weighted by Crippen LogP contribution is 2.29. The van der Waals surface area contributed by atoms with E-state index in [-0.39, 0.29) is 11.9 Å². The Balaban J connectivity index is 1.34. The second-order valence-electron chi connectivity index (χ2n) is 9.17. The van der Waals surface area contributed by atoms with E-state index in [1.54, 1.807) is 19.0 Å². The van der Waals surface area contributed by atoms with Crippen LogP contribution in [0.1, 0.15) is 12.0 Å². The number of para-hydroxylation sites is 1. The van der Waals surface area contributed by atoms with Gasteiger partial charge in [0.05, 0.1) is 0 Å². The molecule has 8 heteroatoms. The molecule has 0 aliphatic carbocycles. The predicted molar refractivity (Wildman–Crippen MR) is 133 cm³/mol. The van der Waals surface area contributed by atoms with E-state index in [0.717, 1.165) is 51.5 Å². The Labute approximate surface area is 201 Å². The third-order valence-corrected chi connectivity index (χ3v) is 7.08. The summed E-state index contributed by atoms with van der Waals surface area (Å²) >= 11 is 0. The highest BCUT2D eigenvalue weighted by atomic mass is 16.2. The minimum Gasteiger partial charge on any atom is -0.368 e. The number of aryl methyl sites for hydroxylation is 1. The van der Waals surface area contributed by atoms with E-state index < -0.39 is 12.2 Å². The molecule has 0 bridgehead atoms. The van der Waals surface area contributed by atoms with E-state index in [2.05, 4.69) is 63.2 Å². The number of benzene rings is 2. The lowest BCUT2D eigenvalue weighted by molar-refractivity contribution is -0.136. The van der Waals surface area contributed by atoms with Crippen molar-refractivity contribution in [3.8, 4) is 0 Å². The Morgan fingerprint density at radius 3 is 2.15 bits per heavy atom. The Morgan fingerprint density at radius 1 is 0.853 bits per heavy atom. The van der Waals surface area contributed by atoms with Gasteiger partial charge < -0.3 is 19.6 Å². The van der Waals surface area contributed by atoms with Crippen LogP contribution in [0.2, 0.25) is 0 Å². The van der Waals surface area contributed by atoms with Crippen LogP contribution < -0.4 is 4.90 Å². The summed E-state index contributed by atoms with van der Waals surface area (Å²) in [5.41, 5.74) is 2.51. The first-order valence-corrected chi connectivity index (χ1v) is 12.0. The number of imide groups is 1. The number of carbonyl (C=O) groups is 2. The number of likely N-dealkylation sites (N-methyl/N-ethyl adjacent to an activating group) is 2. The number of anilines is 1. The smallest absolute Gasteiger partial charge is 0.328 e. The lowest BCUT2D eigenvalue weighted by Gasteiger charge is -2.42. The second kappa shape index (κ2) is 9.37. The quantitative estimate of drug-likeness (QED) is 0.686. The number of piperazine rings is 1. The summed E-state index contributed by atoms with van der Waals surface area (Å²) in [4.78, 5) is 40.4. The van der Waals surface area contributed by atoms with Crippen LogP contribution in [-0.4, -0.2) is 96.5 Å². The van der Waals surface area contributed by atoms with Crippen molar-refractivity contribution in [2.45, 2.75) is 25.0 Å². The Hall–Kier alpha value is -3.55. The molecule has 0 radical (unpaired) electrons. The van der Waals surface area contributed by atoms with Crippen LogP contribution >= 0.6 is 0 Å². The third-order valence-electron chi connectivity index (χ3n) is 7.08. The standard InChI is InChI=1S/C26H32N6O2/c1-28-23-22(24(33)29(2)26(28)34)32(15-9-12-20-10-5-3-6-11-20)25(27-23)31-18-16-30(17-19-31)21-13-7-4-8-14-21/h3-8,10-11,13-14,22-23H,9,12,15-19H2,1-2H3. The molecular formula is C26H32N6O2. The monoisotopic (exact) mass is 460 g/mol. The number of carbonyl (C=O) groups excluding carboxylic acids is 2. The number of urea groups is 1. The van der Waals surface area contributed by atoms with Crippen molar-refractivity contribution in [1.82, 2.24) is 19.6 Å². The maximum absolute atomic E-state index is 13.2. The number of guanidine groups is 1. The molecule has 2 fully saturated rings. The van der Waals surface area contributed by atoms with E-state index in [1.165, 1.54) is 16.2 Å². The fraction of sp³-hybridized carbons (Fsp3) is 0.423. The Kier molecular flexibility index (Phi) is 6.13. The molecule has 3 amide bonds. The Morgan fingerprint density at radius 2 is 1.47 bits per heavy atom. The normalized spacial score (nSPS) is 22.9. The van der Waals surface area contributed by atoms with Crippen molar-refractivity contribution in [3.05, 3.63) is 66.2 Å². The van der Waals surface area contributed by atoms with Gasteiger partial charge in [0.15, 0.2) is 18.2 Å². The van der Waals surface area contributed by atoms with Gasteiger partial charge in [0.1, 0.15) is 0 Å². The zero-order valence-corrected chi connectivity index (χ0v) is 19.9. The molecule has 0 saturated carbocycles. The highest BCUT2D eigenvalue weighted by Gasteiger charge is 2.51. The van der Waals surface area contributed by atoms with Gasteiger partial charge >= 0.3 is 6.03 Å². The summed E-state index contributed by atoms with van der Waals surface area (Å²) in [6.07, 6.45) is 1.36. The molecule has 0 aromatic heterocycles. The molecule has 3 aliphatic rings. The van der Waals surface area contributed by atoms with Crippen molar-refractivity contribution >= 4 is 23.6 Å². The van der Waals surface area contributed by atoms with Crippen molar-refractivity contribution in [3.63, 3.8) is 0 Å². The number of rotatable bonds is 5. The van der Waals surface area contributed by atoms with Crippen LogP contribution in [0, 0.1) is 0 Å². The first kappa shape index (κ1) is 22.3. The third kappa shape index (κ3) is 4.08. The minimum absolute atomic E-state index is 0.172. The van der Waals surface area contributed by atoms with E-state index in [9.17, 15) is 9.59 Å². The van der Waals surface area contributed by atoms with Crippen molar-refractivity contribution in [2.75, 3.05) is 51.7 Å². The van der Waals surface area contributed by atoms with Gasteiger partial charge in [0.2, 0.25) is 0 Å². The first-order chi connectivity index (χ1) is 16.5. The molecule has 8 nitrogen and oxygen atoms in total. The van der Waals surface area contributed by atoms with Crippen LogP contribution in [0.15, 0.2) is 65.7 Å². The SMILES string of the molecule is CN1C(=O)C2C(N=C(N3CCN(c4ccccc4)CC3)N2CCCc2ccccc2)N(C)C1=O. The number of nitrogens with zero attached hydrogens (tertiary/aromatic N) is 6. The van der Waals surface area contributed by atoms with E-state index in [1.807, 2.05) is 12.1 Å². The molecule has 2 unspecified atom stereocenters. The summed E-state index contributed by atoms with van der Waals surface area (Å²) in [6, 6.07) is 20.1. The maximum atomic E-state index is 13.2. The zero-order chi connectivity index (χ0) is 23.7. The zero-order valence-electron chi connectivity index (χ0n) is 19.9. The van der Waals surface area contributed by atoms with Gasteiger partial charge in [-0.25, -0.2) is 9.79 Å². The van der Waals surface area contributed by atoms with Gasteiger partial charge in [-0.1, -0.05) is 48.5 Å². The summed E-state index contributed by atoms with van der Waals surface area (Å²) in [6.45, 7) is 4.14. The highest BCUT2D eigenvalue weighted by molar-refractivity contribution is 6.03. The molecule has 2 aromatic rings. The minimum atomic E-state index is -0.477. The van der Waals surface area contributed by atoms with Gasteiger partial charge in [-0.2, -0.15) is 0 Å². The number of fused-ring (bicyclic) bond motifs is 1. The maximum Gasteiger partial charge on any atom is 0.328 e. The average Bonchev–Trinajstić information content (AvgIpc) is 3.27. The van der Waals surface area contributed by atoms with Crippen LogP contribution in [0.5, 0.6) is 0 Å². The average molecular weight is 461 g/mol. The van der Waals surface area contributed by atoms with E-state index >= 15 is 0 Å². The number of aliphatic imine (C=N–C) groups is 1. The number of hydrogen-bond donors (Lipinski definition) is 0. The van der Waals surface area contributed by atoms with Gasteiger partial charge in [-0.05, 0) is 30.5 Å². The van der Waals surface area contributed by atoms with Crippen molar-refractivity contribution in [2.24, 2.45) is 4.99 Å². The fourth-order valence-electron chi connectivity index (χ4n) is 5.15. The summed E-state index contributed by atoms with van der Waals surface area (Å²) < 4.78 is 0. The lowest BCUT2D eigenvalue weighted by atomic mass is 10.1. The molecular weight excluding hydrogens is 428 g/mol. The first-order valence-electron chi connectivity index (χ1n) is 12.0. The second-order valence-corrected chi connectivity index (χ2v) is 9.17. The van der Waals surface area contributed by atoms with Crippen LogP contribution in [-0.2, 0) is 11.2 Å². The summed E-state index contributed by atoms with van der Waals surface area (Å²) in [5.74, 6) is 0.675. The summed E-state index contributed by atoms with van der Waals surface area (Å²) in [7, 11) is 3.31. The van der Waals surface area contributed by atoms with Gasteiger partial charge in [-0.3, -0.25) is 9.69 Å². The molecule has 34 heavy (non-hydrogen) atoms. The largest absolute Gasteiger partial charge is 0.368 e. The molecule has 5 rings (SSSR count). The van der Waals surface area contributed by atoms with Gasteiger partial charge in [-0.15, -0.1) is 0 Å². The van der Waals surface area contributed by atoms with Crippen LogP contribution in [0.4, 0.5) is 10.5 Å². The Bertz CT molecular complexity index is 1050. The van der Waals surface area contributed by atoms with Gasteiger partial charge in [0.25, 0.3) is 5.91 Å². The van der Waals surface area contributed by atoms with Crippen LogP contribution in [0.3, 0.4) is 0 Å². The van der Waals surface area contributed by atoms with Crippen molar-refractivity contribution < 1.29 is 9.59 Å². The molecule has 0 spiro atoms. The summed E-state index contributed by atoms with van der Waals surface area (Å²) in [5, 5.41) is 0. The van der Waals surface area contributed by atoms with E-state index in [4.69, 9.17) is 4.99 Å². The fourth-order valence-corrected chi connectivity index (χ4v) is 5.15. The van der Waals surface area contributed by atoms with Crippen molar-refractivity contribution in [1.29, 1.82) is 0 Å². The number of amides is 3.